The van der Waals surface area contributed by atoms with Crippen LogP contribution in [0.1, 0.15) is 43.8 Å². The van der Waals surface area contributed by atoms with Crippen LogP contribution in [-0.2, 0) is 6.54 Å². The molecule has 150 valence electrons. The van der Waals surface area contributed by atoms with Gasteiger partial charge < -0.3 is 14.4 Å². The van der Waals surface area contributed by atoms with Gasteiger partial charge >= 0.3 is 0 Å². The van der Waals surface area contributed by atoms with Crippen LogP contribution in [0.25, 0.3) is 11.0 Å². The molecule has 1 unspecified atom stereocenters. The van der Waals surface area contributed by atoms with Crippen molar-refractivity contribution in [3.63, 3.8) is 0 Å². The summed E-state index contributed by atoms with van der Waals surface area (Å²) in [7, 11) is 0. The minimum Gasteiger partial charge on any atom is -0.491 e. The van der Waals surface area contributed by atoms with Gasteiger partial charge in [-0.1, -0.05) is 31.4 Å². The Morgan fingerprint density at radius 2 is 1.79 bits per heavy atom. The molecule has 1 fully saturated rings. The first-order valence-corrected chi connectivity index (χ1v) is 9.72. The van der Waals surface area contributed by atoms with Gasteiger partial charge in [-0.05, 0) is 49.2 Å². The van der Waals surface area contributed by atoms with Crippen molar-refractivity contribution < 1.29 is 14.2 Å². The summed E-state index contributed by atoms with van der Waals surface area (Å²) >= 11 is 0. The van der Waals surface area contributed by atoms with Gasteiger partial charge in [0.05, 0.1) is 17.6 Å². The van der Waals surface area contributed by atoms with Crippen LogP contribution in [0.5, 0.6) is 5.75 Å². The largest absolute Gasteiger partial charge is 0.491 e. The van der Waals surface area contributed by atoms with Crippen molar-refractivity contribution in [3.8, 4) is 5.75 Å². The number of hydrogen-bond acceptors (Lipinski definition) is 3. The van der Waals surface area contributed by atoms with Gasteiger partial charge in [0.15, 0.2) is 0 Å². The highest BCUT2D eigenvalue weighted by atomic mass is 35.5. The molecule has 1 saturated carbocycles. The number of fused-ring (bicyclic) bond motifs is 1. The molecule has 1 aliphatic carbocycles. The van der Waals surface area contributed by atoms with E-state index in [1.165, 1.54) is 31.4 Å². The van der Waals surface area contributed by atoms with Gasteiger partial charge in [0.1, 0.15) is 30.1 Å². The zero-order valence-corrected chi connectivity index (χ0v) is 16.6. The third-order valence-corrected chi connectivity index (χ3v) is 5.30. The highest BCUT2D eigenvalue weighted by Gasteiger charge is 2.23. The fourth-order valence-electron chi connectivity index (χ4n) is 3.95. The average molecular weight is 405 g/mol. The molecule has 4 nitrogen and oxygen atoms in total. The topological polar surface area (TPSA) is 47.3 Å². The summed E-state index contributed by atoms with van der Waals surface area (Å²) in [4.78, 5) is 4.89. The second-order valence-electron chi connectivity index (χ2n) is 7.32. The second kappa shape index (κ2) is 9.39. The van der Waals surface area contributed by atoms with Crippen molar-refractivity contribution in [1.82, 2.24) is 9.55 Å². The first-order chi connectivity index (χ1) is 13.2. The minimum atomic E-state index is -0.671. The standard InChI is InChI=1S/C22H25FN2O2.ClH/c23-17-10-12-19(13-11-17)27-15-18(26)14-25-21-9-5-4-8-20(21)24-22(25)16-6-2-1-3-7-16;/h4-5,8-13,16,18,26H,1-3,6-7,14-15H2;1H. The molecule has 0 bridgehead atoms. The number of nitrogens with zero attached hydrogens (tertiary/aromatic N) is 2. The Balaban J connectivity index is 0.00000225. The Bertz CT molecular complexity index is 891. The van der Waals surface area contributed by atoms with Gasteiger partial charge in [-0.25, -0.2) is 9.37 Å². The quantitative estimate of drug-likeness (QED) is 0.622. The number of imidazole rings is 1. The Morgan fingerprint density at radius 3 is 2.54 bits per heavy atom. The van der Waals surface area contributed by atoms with Crippen molar-refractivity contribution >= 4 is 23.4 Å². The highest BCUT2D eigenvalue weighted by Crippen LogP contribution is 2.34. The fourth-order valence-corrected chi connectivity index (χ4v) is 3.95. The number of para-hydroxylation sites is 2. The maximum Gasteiger partial charge on any atom is 0.123 e. The second-order valence-corrected chi connectivity index (χ2v) is 7.32. The van der Waals surface area contributed by atoms with Crippen molar-refractivity contribution in [3.05, 3.63) is 60.2 Å². The van der Waals surface area contributed by atoms with Crippen LogP contribution in [0.2, 0.25) is 0 Å². The number of hydrogen-bond donors (Lipinski definition) is 1. The summed E-state index contributed by atoms with van der Waals surface area (Å²) in [6.45, 7) is 0.593. The van der Waals surface area contributed by atoms with Crippen LogP contribution in [0.4, 0.5) is 4.39 Å². The van der Waals surface area contributed by atoms with Gasteiger partial charge in [-0.15, -0.1) is 12.4 Å². The molecular formula is C22H26ClFN2O2. The van der Waals surface area contributed by atoms with E-state index >= 15 is 0 Å². The normalized spacial score (nSPS) is 15.9. The molecule has 6 heteroatoms. The zero-order valence-electron chi connectivity index (χ0n) is 15.8. The van der Waals surface area contributed by atoms with Crippen molar-refractivity contribution in [2.75, 3.05) is 6.61 Å². The smallest absolute Gasteiger partial charge is 0.123 e. The summed E-state index contributed by atoms with van der Waals surface area (Å²) in [5.41, 5.74) is 2.03. The van der Waals surface area contributed by atoms with Crippen molar-refractivity contribution in [1.29, 1.82) is 0 Å². The first kappa shape index (κ1) is 20.6. The number of halogens is 2. The van der Waals surface area contributed by atoms with Crippen LogP contribution in [0.15, 0.2) is 48.5 Å². The molecule has 0 saturated heterocycles. The molecule has 0 radical (unpaired) electrons. The van der Waals surface area contributed by atoms with Gasteiger partial charge in [0.2, 0.25) is 0 Å². The van der Waals surface area contributed by atoms with Crippen LogP contribution >= 0.6 is 12.4 Å². The summed E-state index contributed by atoms with van der Waals surface area (Å²) < 4.78 is 20.8. The van der Waals surface area contributed by atoms with Crippen LogP contribution in [-0.4, -0.2) is 27.4 Å². The Labute approximate surface area is 170 Å². The SMILES string of the molecule is Cl.OC(COc1ccc(F)cc1)Cn1c(C2CCCCC2)nc2ccccc21. The van der Waals surface area contributed by atoms with Crippen LogP contribution < -0.4 is 4.74 Å². The van der Waals surface area contributed by atoms with E-state index in [9.17, 15) is 9.50 Å². The first-order valence-electron chi connectivity index (χ1n) is 9.72. The van der Waals surface area contributed by atoms with Crippen LogP contribution in [0, 0.1) is 5.82 Å². The molecule has 28 heavy (non-hydrogen) atoms. The number of aliphatic hydroxyl groups is 1. The van der Waals surface area contributed by atoms with E-state index in [1.54, 1.807) is 12.1 Å². The number of aromatic nitrogens is 2. The molecule has 1 heterocycles. The number of ether oxygens (including phenoxy) is 1. The van der Waals surface area contributed by atoms with E-state index in [0.29, 0.717) is 18.2 Å². The number of aliphatic hydroxyl groups excluding tert-OH is 1. The molecular weight excluding hydrogens is 379 g/mol. The molecule has 1 aliphatic rings. The minimum absolute atomic E-state index is 0. The maximum atomic E-state index is 13.0. The average Bonchev–Trinajstić information content (AvgIpc) is 3.07. The molecule has 0 amide bonds. The molecule has 0 aliphatic heterocycles. The van der Waals surface area contributed by atoms with E-state index in [4.69, 9.17) is 9.72 Å². The lowest BCUT2D eigenvalue weighted by Gasteiger charge is -2.23. The lowest BCUT2D eigenvalue weighted by Crippen LogP contribution is -2.25. The van der Waals surface area contributed by atoms with E-state index in [1.807, 2.05) is 18.2 Å². The lowest BCUT2D eigenvalue weighted by atomic mass is 9.88. The molecule has 0 spiro atoms. The Hall–Kier alpha value is -2.11. The molecule has 1 atom stereocenters. The third-order valence-electron chi connectivity index (χ3n) is 5.30. The van der Waals surface area contributed by atoms with Gasteiger partial charge in [0.25, 0.3) is 0 Å². The monoisotopic (exact) mass is 404 g/mol. The predicted octanol–water partition coefficient (Wildman–Crippen LogP) is 5.08. The maximum absolute atomic E-state index is 13.0. The summed E-state index contributed by atoms with van der Waals surface area (Å²) in [6, 6.07) is 13.9. The lowest BCUT2D eigenvalue weighted by molar-refractivity contribution is 0.0921. The van der Waals surface area contributed by atoms with E-state index in [2.05, 4.69) is 10.6 Å². The Kier molecular flexibility index (Phi) is 6.92. The number of benzene rings is 2. The Morgan fingerprint density at radius 1 is 1.07 bits per heavy atom. The third kappa shape index (κ3) is 4.65. The zero-order chi connectivity index (χ0) is 18.6. The van der Waals surface area contributed by atoms with Gasteiger partial charge in [0, 0.05) is 5.92 Å². The summed E-state index contributed by atoms with van der Waals surface area (Å²) in [5, 5.41) is 10.6. The van der Waals surface area contributed by atoms with Gasteiger partial charge in [-0.2, -0.15) is 0 Å². The molecule has 1 N–H and O–H groups in total. The molecule has 3 aromatic rings. The summed E-state index contributed by atoms with van der Waals surface area (Å²) in [6.07, 6.45) is 5.42. The van der Waals surface area contributed by atoms with E-state index in [0.717, 1.165) is 29.7 Å². The van der Waals surface area contributed by atoms with Crippen LogP contribution in [0.3, 0.4) is 0 Å². The van der Waals surface area contributed by atoms with E-state index in [-0.39, 0.29) is 24.8 Å². The van der Waals surface area contributed by atoms with E-state index < -0.39 is 6.10 Å². The number of rotatable bonds is 6. The molecule has 2 aromatic carbocycles. The molecule has 1 aromatic heterocycles. The predicted molar refractivity (Wildman–Crippen MR) is 111 cm³/mol. The fraction of sp³-hybridized carbons (Fsp3) is 0.409. The van der Waals surface area contributed by atoms with Crippen molar-refractivity contribution in [2.24, 2.45) is 0 Å². The molecule has 4 rings (SSSR count). The summed E-state index contributed by atoms with van der Waals surface area (Å²) in [5.74, 6) is 1.79. The van der Waals surface area contributed by atoms with Crippen molar-refractivity contribution in [2.45, 2.75) is 50.7 Å². The highest BCUT2D eigenvalue weighted by molar-refractivity contribution is 5.85. The van der Waals surface area contributed by atoms with Gasteiger partial charge in [-0.3, -0.25) is 0 Å².